The van der Waals surface area contributed by atoms with E-state index in [1.54, 1.807) is 12.3 Å². The number of nitrogens with one attached hydrogen (secondary N) is 2. The third kappa shape index (κ3) is 5.90. The molecule has 2 amide bonds. The van der Waals surface area contributed by atoms with E-state index >= 15 is 0 Å². The molecule has 4 heterocycles. The number of aliphatic hydroxyl groups excluding tert-OH is 1. The zero-order chi connectivity index (χ0) is 27.4. The van der Waals surface area contributed by atoms with Gasteiger partial charge in [-0.25, -0.2) is 4.98 Å². The highest BCUT2D eigenvalue weighted by molar-refractivity contribution is 7.17. The lowest BCUT2D eigenvalue weighted by Gasteiger charge is -2.24. The molecule has 1 aliphatic heterocycles. The fourth-order valence-electron chi connectivity index (χ4n) is 4.76. The number of benzene rings is 1. The first-order chi connectivity index (χ1) is 19.0. The summed E-state index contributed by atoms with van der Waals surface area (Å²) in [5.74, 6) is 0.0704. The van der Waals surface area contributed by atoms with Crippen molar-refractivity contribution in [3.63, 3.8) is 0 Å². The molecule has 0 spiro atoms. The zero-order valence-electron chi connectivity index (χ0n) is 21.7. The average Bonchev–Trinajstić information content (AvgIpc) is 3.71. The molecule has 1 aliphatic rings. The number of thiophene rings is 1. The van der Waals surface area contributed by atoms with Crippen LogP contribution in [0.3, 0.4) is 0 Å². The molecule has 0 radical (unpaired) electrons. The molecule has 39 heavy (non-hydrogen) atoms. The quantitative estimate of drug-likeness (QED) is 0.261. The molecule has 4 aromatic rings. The lowest BCUT2D eigenvalue weighted by Crippen LogP contribution is -2.37. The number of hydrogen-bond donors (Lipinski definition) is 3. The second kappa shape index (κ2) is 11.9. The molecule has 5 rings (SSSR count). The van der Waals surface area contributed by atoms with Crippen molar-refractivity contribution < 1.29 is 14.7 Å². The van der Waals surface area contributed by atoms with E-state index in [0.29, 0.717) is 36.2 Å². The van der Waals surface area contributed by atoms with Crippen molar-refractivity contribution in [1.82, 2.24) is 30.0 Å². The molecular weight excluding hydrogens is 514 g/mol. The lowest BCUT2D eigenvalue weighted by atomic mass is 10.1. The van der Waals surface area contributed by atoms with Gasteiger partial charge in [0, 0.05) is 31.9 Å². The van der Waals surface area contributed by atoms with Gasteiger partial charge in [-0.1, -0.05) is 12.6 Å². The normalized spacial score (nSPS) is 15.9. The maximum absolute atomic E-state index is 13.3. The molecule has 202 valence electrons. The highest BCUT2D eigenvalue weighted by atomic mass is 32.1. The van der Waals surface area contributed by atoms with Crippen molar-refractivity contribution >= 4 is 40.1 Å². The fraction of sp³-hybridized carbons (Fsp3) is 0.321. The van der Waals surface area contributed by atoms with Crippen LogP contribution in [0.2, 0.25) is 0 Å². The molecule has 11 heteroatoms. The van der Waals surface area contributed by atoms with Crippen LogP contribution in [0.25, 0.3) is 21.6 Å². The van der Waals surface area contributed by atoms with Crippen LogP contribution in [-0.4, -0.2) is 66.8 Å². The average molecular weight is 546 g/mol. The molecule has 0 unspecified atom stereocenters. The van der Waals surface area contributed by atoms with E-state index in [9.17, 15) is 14.7 Å². The Morgan fingerprint density at radius 3 is 2.92 bits per heavy atom. The molecule has 3 aromatic heterocycles. The van der Waals surface area contributed by atoms with Crippen LogP contribution in [0, 0.1) is 0 Å². The molecular formula is C28H31N7O3S. The van der Waals surface area contributed by atoms with Crippen LogP contribution in [-0.2, 0) is 17.9 Å². The summed E-state index contributed by atoms with van der Waals surface area (Å²) >= 11 is 1.34. The van der Waals surface area contributed by atoms with Crippen molar-refractivity contribution in [3.05, 3.63) is 71.8 Å². The number of nitrogens with zero attached hydrogens (tertiary/aromatic N) is 5. The number of aliphatic hydroxyl groups is 1. The molecule has 3 N–H and O–H groups in total. The van der Waals surface area contributed by atoms with Gasteiger partial charge in [-0.05, 0) is 67.8 Å². The lowest BCUT2D eigenvalue weighted by molar-refractivity contribution is -0.126. The molecule has 1 fully saturated rings. The molecule has 1 aromatic carbocycles. The third-order valence-corrected chi connectivity index (χ3v) is 7.96. The van der Waals surface area contributed by atoms with Crippen LogP contribution >= 0.6 is 11.3 Å². The Hall–Kier alpha value is -3.93. The predicted molar refractivity (Wildman–Crippen MR) is 151 cm³/mol. The first-order valence-corrected chi connectivity index (χ1v) is 13.7. The summed E-state index contributed by atoms with van der Waals surface area (Å²) in [4.78, 5) is 33.8. The number of fused-ring (bicyclic) bond motifs is 1. The summed E-state index contributed by atoms with van der Waals surface area (Å²) < 4.78 is 1.98. The summed E-state index contributed by atoms with van der Waals surface area (Å²) in [7, 11) is 0. The van der Waals surface area contributed by atoms with Gasteiger partial charge in [0.1, 0.15) is 5.69 Å². The maximum Gasteiger partial charge on any atom is 0.268 e. The van der Waals surface area contributed by atoms with Gasteiger partial charge in [-0.15, -0.1) is 16.4 Å². The smallest absolute Gasteiger partial charge is 0.268 e. The number of rotatable bonds is 10. The van der Waals surface area contributed by atoms with Gasteiger partial charge in [0.15, 0.2) is 0 Å². The largest absolute Gasteiger partial charge is 0.395 e. The van der Waals surface area contributed by atoms with Gasteiger partial charge in [0.05, 0.1) is 33.4 Å². The minimum Gasteiger partial charge on any atom is -0.395 e. The number of likely N-dealkylation sites (tertiary alicyclic amines) is 1. The standard InChI is InChI=1S/C28H31N7O3S/c1-3-26(37)34-13-5-6-20(34)16-35-23-9-8-19(15-29-18(2)17-36)14-22(23)31-28(35)32-27(38)25-11-10-24(39-25)21-7-4-12-30-33-21/h3-4,7-12,14,18,20,29,36H,1,5-6,13,15-17H2,2H3,(H,31,32,38)/t18-,20+/m0/s1. The van der Waals surface area contributed by atoms with E-state index in [1.807, 2.05) is 52.8 Å². The van der Waals surface area contributed by atoms with Crippen LogP contribution in [0.1, 0.15) is 35.0 Å². The summed E-state index contributed by atoms with van der Waals surface area (Å²) in [5, 5.41) is 23.6. The first kappa shape index (κ1) is 26.7. The molecule has 0 saturated carbocycles. The number of aromatic nitrogens is 4. The van der Waals surface area contributed by atoms with E-state index in [2.05, 4.69) is 27.4 Å². The molecule has 0 bridgehead atoms. The van der Waals surface area contributed by atoms with E-state index < -0.39 is 0 Å². The highest BCUT2D eigenvalue weighted by Crippen LogP contribution is 2.29. The second-order valence-electron chi connectivity index (χ2n) is 9.59. The van der Waals surface area contributed by atoms with E-state index in [0.717, 1.165) is 34.3 Å². The highest BCUT2D eigenvalue weighted by Gasteiger charge is 2.29. The van der Waals surface area contributed by atoms with Crippen molar-refractivity contribution in [2.45, 2.75) is 44.9 Å². The fourth-order valence-corrected chi connectivity index (χ4v) is 5.63. The van der Waals surface area contributed by atoms with Gasteiger partial charge in [-0.3, -0.25) is 14.9 Å². The monoisotopic (exact) mass is 545 g/mol. The number of hydrogen-bond acceptors (Lipinski definition) is 8. The number of imidazole rings is 1. The van der Waals surface area contributed by atoms with Crippen LogP contribution in [0.4, 0.5) is 5.95 Å². The van der Waals surface area contributed by atoms with E-state index in [-0.39, 0.29) is 30.5 Å². The Kier molecular flexibility index (Phi) is 8.10. The van der Waals surface area contributed by atoms with Crippen LogP contribution in [0.15, 0.2) is 61.3 Å². The van der Waals surface area contributed by atoms with Crippen LogP contribution in [0.5, 0.6) is 0 Å². The number of carbonyl (C=O) groups excluding carboxylic acids is 2. The SMILES string of the molecule is C=CC(=O)N1CCC[C@@H]1Cn1c(NC(=O)c2ccc(-c3cccnn3)s2)nc2cc(CN[C@@H](C)CO)ccc21. The Balaban J connectivity index is 1.44. The predicted octanol–water partition coefficient (Wildman–Crippen LogP) is 3.45. The molecule has 10 nitrogen and oxygen atoms in total. The second-order valence-corrected chi connectivity index (χ2v) is 10.7. The van der Waals surface area contributed by atoms with Gasteiger partial charge in [-0.2, -0.15) is 5.10 Å². The number of amides is 2. The van der Waals surface area contributed by atoms with E-state index in [4.69, 9.17) is 4.98 Å². The topological polar surface area (TPSA) is 125 Å². The van der Waals surface area contributed by atoms with Crippen molar-refractivity contribution in [2.24, 2.45) is 0 Å². The summed E-state index contributed by atoms with van der Waals surface area (Å²) in [6.07, 6.45) is 4.74. The van der Waals surface area contributed by atoms with Crippen molar-refractivity contribution in [3.8, 4) is 10.6 Å². The molecule has 1 saturated heterocycles. The number of anilines is 1. The maximum atomic E-state index is 13.3. The summed E-state index contributed by atoms with van der Waals surface area (Å²) in [6.45, 7) is 7.38. The molecule has 0 aliphatic carbocycles. The Labute approximate surface area is 230 Å². The zero-order valence-corrected chi connectivity index (χ0v) is 22.5. The van der Waals surface area contributed by atoms with Crippen LogP contribution < -0.4 is 10.6 Å². The Bertz CT molecular complexity index is 1480. The summed E-state index contributed by atoms with van der Waals surface area (Å²) in [6, 6.07) is 13.2. The number of carbonyl (C=O) groups is 2. The van der Waals surface area contributed by atoms with Gasteiger partial charge in [0.25, 0.3) is 5.91 Å². The van der Waals surface area contributed by atoms with Crippen molar-refractivity contribution in [2.75, 3.05) is 18.5 Å². The van der Waals surface area contributed by atoms with Gasteiger partial charge < -0.3 is 19.9 Å². The van der Waals surface area contributed by atoms with Crippen molar-refractivity contribution in [1.29, 1.82) is 0 Å². The van der Waals surface area contributed by atoms with Gasteiger partial charge in [0.2, 0.25) is 11.9 Å². The molecule has 2 atom stereocenters. The Morgan fingerprint density at radius 2 is 2.15 bits per heavy atom. The minimum atomic E-state index is -0.268. The Morgan fingerprint density at radius 1 is 1.28 bits per heavy atom. The summed E-state index contributed by atoms with van der Waals surface area (Å²) in [5.41, 5.74) is 3.33. The first-order valence-electron chi connectivity index (χ1n) is 12.9. The minimum absolute atomic E-state index is 0.0265. The van der Waals surface area contributed by atoms with Gasteiger partial charge >= 0.3 is 0 Å². The van der Waals surface area contributed by atoms with E-state index in [1.165, 1.54) is 17.4 Å². The third-order valence-electron chi connectivity index (χ3n) is 6.85.